The van der Waals surface area contributed by atoms with Gasteiger partial charge in [0.1, 0.15) is 23.0 Å². The summed E-state index contributed by atoms with van der Waals surface area (Å²) < 4.78 is 44.6. The minimum atomic E-state index is -4.46. The van der Waals surface area contributed by atoms with Gasteiger partial charge in [-0.15, -0.1) is 0 Å². The number of hydrogen-bond acceptors (Lipinski definition) is 3. The zero-order chi connectivity index (χ0) is 17.2. The Hall–Kier alpha value is -3.02. The first kappa shape index (κ1) is 15.9. The van der Waals surface area contributed by atoms with Gasteiger partial charge in [0.25, 0.3) is 0 Å². The van der Waals surface area contributed by atoms with Crippen molar-refractivity contribution < 1.29 is 22.7 Å². The summed E-state index contributed by atoms with van der Waals surface area (Å²) in [6.07, 6.45) is -3.12. The van der Waals surface area contributed by atoms with Crippen LogP contribution in [-0.2, 0) is 6.18 Å². The number of phenolic OH excluding ortho intramolecular Hbond substituents is 1. The van der Waals surface area contributed by atoms with Crippen molar-refractivity contribution in [3.8, 4) is 17.1 Å². The number of nitrogens with zero attached hydrogens (tertiary/aromatic N) is 1. The molecule has 2 aromatic carbocycles. The molecule has 6 heteroatoms. The van der Waals surface area contributed by atoms with Gasteiger partial charge in [0.15, 0.2) is 0 Å². The van der Waals surface area contributed by atoms with E-state index in [4.69, 9.17) is 4.42 Å². The van der Waals surface area contributed by atoms with E-state index >= 15 is 0 Å². The van der Waals surface area contributed by atoms with Gasteiger partial charge in [-0.1, -0.05) is 30.3 Å². The second-order valence-electron chi connectivity index (χ2n) is 4.99. The predicted molar refractivity (Wildman–Crippen MR) is 84.5 cm³/mol. The van der Waals surface area contributed by atoms with E-state index in [1.54, 1.807) is 18.2 Å². The van der Waals surface area contributed by atoms with Crippen molar-refractivity contribution >= 4 is 11.9 Å². The number of benzene rings is 2. The third-order valence-electron chi connectivity index (χ3n) is 3.34. The predicted octanol–water partition coefficient (Wildman–Crippen LogP) is 5.42. The molecule has 0 aliphatic carbocycles. The molecule has 0 spiro atoms. The van der Waals surface area contributed by atoms with Gasteiger partial charge in [0.05, 0.1) is 11.8 Å². The van der Waals surface area contributed by atoms with Gasteiger partial charge < -0.3 is 9.52 Å². The molecule has 3 nitrogen and oxygen atoms in total. The number of hydrogen-bond donors (Lipinski definition) is 1. The Kier molecular flexibility index (Phi) is 4.12. The first-order valence-electron chi connectivity index (χ1n) is 7.03. The van der Waals surface area contributed by atoms with E-state index in [0.29, 0.717) is 5.69 Å². The molecule has 3 aromatic rings. The molecule has 0 unspecified atom stereocenters. The molecule has 1 aromatic heterocycles. The lowest BCUT2D eigenvalue weighted by Crippen LogP contribution is -2.06. The largest absolute Gasteiger partial charge is 0.506 e. The highest BCUT2D eigenvalue weighted by Gasteiger charge is 2.34. The summed E-state index contributed by atoms with van der Waals surface area (Å²) in [5.74, 6) is 0.384. The van der Waals surface area contributed by atoms with Crippen LogP contribution in [0.3, 0.4) is 0 Å². The highest BCUT2D eigenvalue weighted by atomic mass is 19.4. The molecule has 0 saturated carbocycles. The maximum Gasteiger partial charge on any atom is 0.417 e. The smallest absolute Gasteiger partial charge is 0.417 e. The maximum atomic E-state index is 13.1. The summed E-state index contributed by atoms with van der Waals surface area (Å²) in [7, 11) is 0. The summed E-state index contributed by atoms with van der Waals surface area (Å²) in [6, 6.07) is 14.6. The third kappa shape index (κ3) is 3.32. The van der Waals surface area contributed by atoms with Gasteiger partial charge in [0, 0.05) is 5.56 Å². The number of halogens is 3. The van der Waals surface area contributed by atoms with E-state index in [-0.39, 0.29) is 22.8 Å². The molecule has 0 atom stereocenters. The van der Waals surface area contributed by atoms with Crippen molar-refractivity contribution in [2.75, 3.05) is 0 Å². The van der Waals surface area contributed by atoms with E-state index in [1.165, 1.54) is 42.6 Å². The number of alkyl halides is 3. The zero-order valence-electron chi connectivity index (χ0n) is 12.3. The standard InChI is InChI=1S/C18H12F3NO2/c19-18(20,21)14-6-2-1-5-13(14)17-10-9-12(24-17)11-22-15-7-3-4-8-16(15)23/h1-11,23H/b22-11+. The number of phenols is 1. The Balaban J connectivity index is 1.91. The summed E-state index contributed by atoms with van der Waals surface area (Å²) >= 11 is 0. The summed E-state index contributed by atoms with van der Waals surface area (Å²) in [4.78, 5) is 4.06. The molecule has 0 bridgehead atoms. The van der Waals surface area contributed by atoms with Crippen molar-refractivity contribution in [1.29, 1.82) is 0 Å². The van der Waals surface area contributed by atoms with Crippen LogP contribution in [0.5, 0.6) is 5.75 Å². The lowest BCUT2D eigenvalue weighted by atomic mass is 10.1. The SMILES string of the molecule is Oc1ccccc1/N=C/c1ccc(-c2ccccc2C(F)(F)F)o1. The highest BCUT2D eigenvalue weighted by molar-refractivity contribution is 5.81. The maximum absolute atomic E-state index is 13.1. The quantitative estimate of drug-likeness (QED) is 0.651. The minimum Gasteiger partial charge on any atom is -0.506 e. The van der Waals surface area contributed by atoms with Crippen LogP contribution >= 0.6 is 0 Å². The van der Waals surface area contributed by atoms with Gasteiger partial charge in [-0.05, 0) is 30.3 Å². The Morgan fingerprint density at radius 2 is 1.62 bits per heavy atom. The third-order valence-corrected chi connectivity index (χ3v) is 3.34. The van der Waals surface area contributed by atoms with Crippen LogP contribution in [0.2, 0.25) is 0 Å². The second kappa shape index (κ2) is 6.23. The van der Waals surface area contributed by atoms with Crippen molar-refractivity contribution in [3.63, 3.8) is 0 Å². The Labute approximate surface area is 135 Å². The van der Waals surface area contributed by atoms with E-state index in [0.717, 1.165) is 6.07 Å². The summed E-state index contributed by atoms with van der Waals surface area (Å²) in [6.45, 7) is 0. The first-order valence-corrected chi connectivity index (χ1v) is 7.03. The molecule has 122 valence electrons. The van der Waals surface area contributed by atoms with Crippen LogP contribution in [0.15, 0.2) is 70.1 Å². The number of aliphatic imine (C=N–C) groups is 1. The fourth-order valence-electron chi connectivity index (χ4n) is 2.22. The summed E-state index contributed by atoms with van der Waals surface area (Å²) in [5, 5.41) is 9.63. The monoisotopic (exact) mass is 331 g/mol. The number of para-hydroxylation sites is 2. The summed E-state index contributed by atoms with van der Waals surface area (Å²) in [5.41, 5.74) is -0.457. The van der Waals surface area contributed by atoms with Crippen LogP contribution in [0, 0.1) is 0 Å². The fraction of sp³-hybridized carbons (Fsp3) is 0.0556. The molecule has 0 fully saturated rings. The molecule has 1 N–H and O–H groups in total. The van der Waals surface area contributed by atoms with Gasteiger partial charge in [-0.3, -0.25) is 0 Å². The van der Waals surface area contributed by atoms with Crippen LogP contribution in [0.4, 0.5) is 18.9 Å². The van der Waals surface area contributed by atoms with Crippen molar-refractivity contribution in [2.45, 2.75) is 6.18 Å². The molecule has 0 radical (unpaired) electrons. The Morgan fingerprint density at radius 3 is 2.38 bits per heavy atom. The van der Waals surface area contributed by atoms with Gasteiger partial charge in [-0.25, -0.2) is 4.99 Å². The van der Waals surface area contributed by atoms with Crippen LogP contribution in [0.1, 0.15) is 11.3 Å². The Morgan fingerprint density at radius 1 is 0.917 bits per heavy atom. The lowest BCUT2D eigenvalue weighted by molar-refractivity contribution is -0.137. The topological polar surface area (TPSA) is 45.7 Å². The first-order chi connectivity index (χ1) is 11.4. The molecule has 0 aliphatic rings. The van der Waals surface area contributed by atoms with Crippen molar-refractivity contribution in [3.05, 3.63) is 72.0 Å². The van der Waals surface area contributed by atoms with Crippen molar-refractivity contribution in [1.82, 2.24) is 0 Å². The molecule has 0 saturated heterocycles. The zero-order valence-corrected chi connectivity index (χ0v) is 12.3. The second-order valence-corrected chi connectivity index (χ2v) is 4.99. The minimum absolute atomic E-state index is 0.00273. The van der Waals surface area contributed by atoms with Gasteiger partial charge >= 0.3 is 6.18 Å². The van der Waals surface area contributed by atoms with E-state index in [1.807, 2.05) is 0 Å². The number of rotatable bonds is 3. The Bertz CT molecular complexity index is 882. The van der Waals surface area contributed by atoms with Gasteiger partial charge in [0.2, 0.25) is 0 Å². The normalized spacial score (nSPS) is 12.0. The van der Waals surface area contributed by atoms with Crippen LogP contribution < -0.4 is 0 Å². The molecule has 0 aliphatic heterocycles. The van der Waals surface area contributed by atoms with Crippen LogP contribution in [-0.4, -0.2) is 11.3 Å². The average molecular weight is 331 g/mol. The van der Waals surface area contributed by atoms with Gasteiger partial charge in [-0.2, -0.15) is 13.2 Å². The fourth-order valence-corrected chi connectivity index (χ4v) is 2.22. The molecule has 24 heavy (non-hydrogen) atoms. The van der Waals surface area contributed by atoms with E-state index in [9.17, 15) is 18.3 Å². The lowest BCUT2D eigenvalue weighted by Gasteiger charge is -2.10. The van der Waals surface area contributed by atoms with Crippen LogP contribution in [0.25, 0.3) is 11.3 Å². The molecular formula is C18H12F3NO2. The molecule has 0 amide bonds. The van der Waals surface area contributed by atoms with E-state index in [2.05, 4.69) is 4.99 Å². The number of furan rings is 1. The molecule has 1 heterocycles. The van der Waals surface area contributed by atoms with E-state index < -0.39 is 11.7 Å². The molecular weight excluding hydrogens is 319 g/mol. The average Bonchev–Trinajstić information content (AvgIpc) is 3.02. The highest BCUT2D eigenvalue weighted by Crippen LogP contribution is 2.37. The number of aromatic hydroxyl groups is 1. The van der Waals surface area contributed by atoms with Crippen molar-refractivity contribution in [2.24, 2.45) is 4.99 Å². The molecule has 3 rings (SSSR count).